The largest absolute Gasteiger partial charge is 0.336 e. The zero-order valence-corrected chi connectivity index (χ0v) is 10.9. The molecule has 0 atom stereocenters. The van der Waals surface area contributed by atoms with Crippen molar-refractivity contribution >= 4 is 26.0 Å². The number of nitrogens with one attached hydrogen (secondary N) is 1. The van der Waals surface area contributed by atoms with Crippen LogP contribution in [0.15, 0.2) is 17.6 Å². The highest BCUT2D eigenvalue weighted by molar-refractivity contribution is 9.09. The molecule has 0 radical (unpaired) electrons. The van der Waals surface area contributed by atoms with Crippen LogP contribution in [0.2, 0.25) is 0 Å². The molecule has 7 heteroatoms. The Morgan fingerprint density at radius 2 is 2.33 bits per heavy atom. The summed E-state index contributed by atoms with van der Waals surface area (Å²) in [6, 6.07) is 0. The summed E-state index contributed by atoms with van der Waals surface area (Å²) in [7, 11) is -3.42. The summed E-state index contributed by atoms with van der Waals surface area (Å²) in [5, 5.41) is 0.859. The van der Waals surface area contributed by atoms with Crippen LogP contribution in [0.3, 0.4) is 0 Å². The van der Waals surface area contributed by atoms with Gasteiger partial charge in [0.2, 0.25) is 0 Å². The summed E-state index contributed by atoms with van der Waals surface area (Å²) in [6.07, 6.45) is 3.79. The van der Waals surface area contributed by atoms with Crippen molar-refractivity contribution in [1.29, 1.82) is 0 Å². The average Bonchev–Trinajstić information content (AvgIpc) is 2.66. The molecule has 1 aromatic heterocycles. The third kappa shape index (κ3) is 3.58. The van der Waals surface area contributed by atoms with Crippen LogP contribution in [0.4, 0.5) is 0 Å². The van der Waals surface area contributed by atoms with Crippen LogP contribution in [0.5, 0.6) is 0 Å². The maximum atomic E-state index is 11.6. The minimum atomic E-state index is -3.42. The third-order valence-corrected chi connectivity index (χ3v) is 3.76. The van der Waals surface area contributed by atoms with Gasteiger partial charge in [0.1, 0.15) is 0 Å². The van der Waals surface area contributed by atoms with Crippen LogP contribution in [-0.2, 0) is 16.6 Å². The van der Waals surface area contributed by atoms with E-state index in [9.17, 15) is 8.42 Å². The predicted molar refractivity (Wildman–Crippen MR) is 61.5 cm³/mol. The molecule has 0 saturated heterocycles. The maximum Gasteiger partial charge on any atom is 0.259 e. The number of nitrogens with zero attached hydrogens (tertiary/aromatic N) is 2. The molecule has 1 heterocycles. The van der Waals surface area contributed by atoms with Gasteiger partial charge in [0, 0.05) is 24.6 Å². The van der Waals surface area contributed by atoms with Crippen molar-refractivity contribution in [3.05, 3.63) is 12.5 Å². The number of aryl methyl sites for hydroxylation is 1. The molecule has 0 fully saturated rings. The highest BCUT2D eigenvalue weighted by Crippen LogP contribution is 2.04. The molecule has 0 bridgehead atoms. The number of rotatable bonds is 6. The molecule has 5 nitrogen and oxygen atoms in total. The fourth-order valence-electron chi connectivity index (χ4n) is 0.999. The summed E-state index contributed by atoms with van der Waals surface area (Å²) in [6.45, 7) is 3.06. The average molecular weight is 296 g/mol. The summed E-state index contributed by atoms with van der Waals surface area (Å²) in [5.74, 6) is 0. The normalized spacial score (nSPS) is 11.9. The van der Waals surface area contributed by atoms with Gasteiger partial charge in [-0.2, -0.15) is 0 Å². The third-order valence-electron chi connectivity index (χ3n) is 1.85. The number of hydrogen-bond acceptors (Lipinski definition) is 3. The van der Waals surface area contributed by atoms with E-state index in [1.165, 1.54) is 12.5 Å². The van der Waals surface area contributed by atoms with Crippen molar-refractivity contribution in [2.45, 2.75) is 24.9 Å². The summed E-state index contributed by atoms with van der Waals surface area (Å²) >= 11 is 3.23. The van der Waals surface area contributed by atoms with E-state index in [0.717, 1.165) is 11.8 Å². The molecule has 0 aliphatic heterocycles. The lowest BCUT2D eigenvalue weighted by Crippen LogP contribution is -2.25. The van der Waals surface area contributed by atoms with Gasteiger partial charge >= 0.3 is 0 Å². The molecule has 15 heavy (non-hydrogen) atoms. The second-order valence-electron chi connectivity index (χ2n) is 2.98. The topological polar surface area (TPSA) is 64.0 Å². The maximum absolute atomic E-state index is 11.6. The van der Waals surface area contributed by atoms with Gasteiger partial charge in [-0.05, 0) is 13.3 Å². The van der Waals surface area contributed by atoms with Crippen LogP contribution < -0.4 is 4.72 Å². The number of aromatic nitrogens is 2. The van der Waals surface area contributed by atoms with Crippen molar-refractivity contribution in [1.82, 2.24) is 14.3 Å². The van der Waals surface area contributed by atoms with Crippen molar-refractivity contribution in [2.24, 2.45) is 0 Å². The van der Waals surface area contributed by atoms with Gasteiger partial charge in [-0.25, -0.2) is 18.1 Å². The van der Waals surface area contributed by atoms with E-state index in [4.69, 9.17) is 0 Å². The van der Waals surface area contributed by atoms with Gasteiger partial charge in [-0.3, -0.25) is 0 Å². The standard InChI is InChI=1S/C8H14BrN3O2S/c1-2-12-6-8(10-7-12)15(13,14)11-5-3-4-9/h6-7,11H,2-5H2,1H3. The molecule has 0 amide bonds. The summed E-state index contributed by atoms with van der Waals surface area (Å²) in [4.78, 5) is 3.84. The van der Waals surface area contributed by atoms with Crippen molar-refractivity contribution in [3.8, 4) is 0 Å². The lowest BCUT2D eigenvalue weighted by molar-refractivity contribution is 0.577. The minimum absolute atomic E-state index is 0.0823. The van der Waals surface area contributed by atoms with Gasteiger partial charge in [-0.15, -0.1) is 0 Å². The van der Waals surface area contributed by atoms with E-state index in [1.807, 2.05) is 6.92 Å². The van der Waals surface area contributed by atoms with E-state index in [1.54, 1.807) is 4.57 Å². The Bertz CT molecular complexity index is 402. The number of imidazole rings is 1. The Kier molecular flexibility index (Phi) is 4.75. The first-order valence-electron chi connectivity index (χ1n) is 4.67. The van der Waals surface area contributed by atoms with E-state index in [-0.39, 0.29) is 5.03 Å². The van der Waals surface area contributed by atoms with Crippen LogP contribution in [0.25, 0.3) is 0 Å². The molecule has 0 aliphatic rings. The van der Waals surface area contributed by atoms with Crippen LogP contribution >= 0.6 is 15.9 Å². The molecule has 0 saturated carbocycles. The summed E-state index contributed by atoms with van der Waals surface area (Å²) in [5.41, 5.74) is 0. The van der Waals surface area contributed by atoms with Crippen molar-refractivity contribution in [3.63, 3.8) is 0 Å². The minimum Gasteiger partial charge on any atom is -0.336 e. The molecule has 1 aromatic rings. The second-order valence-corrected chi connectivity index (χ2v) is 5.49. The Morgan fingerprint density at radius 1 is 1.60 bits per heavy atom. The quantitative estimate of drug-likeness (QED) is 0.628. The zero-order chi connectivity index (χ0) is 11.3. The van der Waals surface area contributed by atoms with Gasteiger partial charge in [0.25, 0.3) is 10.0 Å². The second kappa shape index (κ2) is 5.62. The fourth-order valence-corrected chi connectivity index (χ4v) is 2.30. The van der Waals surface area contributed by atoms with Crippen LogP contribution in [0, 0.1) is 0 Å². The molecule has 86 valence electrons. The molecule has 0 spiro atoms. The van der Waals surface area contributed by atoms with Gasteiger partial charge < -0.3 is 4.57 Å². The number of alkyl halides is 1. The number of halogens is 1. The zero-order valence-electron chi connectivity index (χ0n) is 8.48. The van der Waals surface area contributed by atoms with Gasteiger partial charge in [-0.1, -0.05) is 15.9 Å². The Morgan fingerprint density at radius 3 is 2.87 bits per heavy atom. The first-order chi connectivity index (χ1) is 7.10. The smallest absolute Gasteiger partial charge is 0.259 e. The van der Waals surface area contributed by atoms with E-state index >= 15 is 0 Å². The van der Waals surface area contributed by atoms with Crippen molar-refractivity contribution in [2.75, 3.05) is 11.9 Å². The van der Waals surface area contributed by atoms with Gasteiger partial charge in [0.15, 0.2) is 5.03 Å². The first kappa shape index (κ1) is 12.7. The highest BCUT2D eigenvalue weighted by Gasteiger charge is 2.15. The fraction of sp³-hybridized carbons (Fsp3) is 0.625. The van der Waals surface area contributed by atoms with Crippen LogP contribution in [-0.4, -0.2) is 29.8 Å². The van der Waals surface area contributed by atoms with E-state index in [0.29, 0.717) is 13.1 Å². The molecular weight excluding hydrogens is 282 g/mol. The molecule has 0 aliphatic carbocycles. The highest BCUT2D eigenvalue weighted by atomic mass is 79.9. The first-order valence-corrected chi connectivity index (χ1v) is 7.28. The predicted octanol–water partition coefficient (Wildman–Crippen LogP) is 0.966. The van der Waals surface area contributed by atoms with Crippen LogP contribution in [0.1, 0.15) is 13.3 Å². The molecule has 1 rings (SSSR count). The number of sulfonamides is 1. The molecular formula is C8H14BrN3O2S. The number of hydrogen-bond donors (Lipinski definition) is 1. The monoisotopic (exact) mass is 295 g/mol. The SMILES string of the molecule is CCn1cnc(S(=O)(=O)NCCCBr)c1. The van der Waals surface area contributed by atoms with Crippen molar-refractivity contribution < 1.29 is 8.42 Å². The summed E-state index contributed by atoms with van der Waals surface area (Å²) < 4.78 is 27.5. The Hall–Kier alpha value is -0.400. The Balaban J connectivity index is 2.68. The Labute approximate surface area is 98.1 Å². The molecule has 0 aromatic carbocycles. The van der Waals surface area contributed by atoms with E-state index < -0.39 is 10.0 Å². The molecule has 0 unspecified atom stereocenters. The lowest BCUT2D eigenvalue weighted by Gasteiger charge is -2.01. The lowest BCUT2D eigenvalue weighted by atomic mass is 10.5. The molecule has 1 N–H and O–H groups in total. The van der Waals surface area contributed by atoms with Gasteiger partial charge in [0.05, 0.1) is 6.33 Å². The van der Waals surface area contributed by atoms with E-state index in [2.05, 4.69) is 25.6 Å².